The molecule has 1 aliphatic rings. The molecular weight excluding hydrogens is 258 g/mol. The summed E-state index contributed by atoms with van der Waals surface area (Å²) >= 11 is 5.87. The third-order valence-electron chi connectivity index (χ3n) is 3.05. The average molecular weight is 274 g/mol. The van der Waals surface area contributed by atoms with Crippen LogP contribution in [0.4, 0.5) is 0 Å². The van der Waals surface area contributed by atoms with Crippen LogP contribution < -0.4 is 5.32 Å². The molecule has 1 fully saturated rings. The van der Waals surface area contributed by atoms with Crippen LogP contribution in [0.2, 0.25) is 5.02 Å². The Hall–Kier alpha value is -0.580. The number of hydrogen-bond acceptors (Lipinski definition) is 3. The number of rotatable bonds is 4. The van der Waals surface area contributed by atoms with E-state index in [0.29, 0.717) is 23.9 Å². The molecule has 1 aliphatic heterocycles. The molecule has 1 saturated heterocycles. The van der Waals surface area contributed by atoms with Crippen LogP contribution in [0, 0.1) is 0 Å². The minimum Gasteiger partial charge on any atom is -0.311 e. The lowest BCUT2D eigenvalue weighted by Crippen LogP contribution is -2.30. The monoisotopic (exact) mass is 273 g/mol. The van der Waals surface area contributed by atoms with Crippen molar-refractivity contribution in [3.63, 3.8) is 0 Å². The van der Waals surface area contributed by atoms with Gasteiger partial charge in [-0.3, -0.25) is 0 Å². The van der Waals surface area contributed by atoms with E-state index in [1.165, 1.54) is 0 Å². The first-order valence-corrected chi connectivity index (χ1v) is 7.84. The molecule has 0 amide bonds. The third kappa shape index (κ3) is 3.44. The molecule has 0 aliphatic carbocycles. The first kappa shape index (κ1) is 12.9. The van der Waals surface area contributed by atoms with Gasteiger partial charge in [-0.05, 0) is 30.5 Å². The third-order valence-corrected chi connectivity index (χ3v) is 5.56. The molecule has 1 aromatic rings. The predicted octanol–water partition coefficient (Wildman–Crippen LogP) is 2.01. The molecule has 1 N–H and O–H groups in total. The van der Waals surface area contributed by atoms with Gasteiger partial charge in [0.15, 0.2) is 9.84 Å². The summed E-state index contributed by atoms with van der Waals surface area (Å²) in [5, 5.41) is 3.69. The maximum Gasteiger partial charge on any atom is 0.154 e. The zero-order valence-electron chi connectivity index (χ0n) is 9.52. The van der Waals surface area contributed by atoms with Crippen LogP contribution in [-0.2, 0) is 16.4 Å². The molecule has 0 aromatic heterocycles. The fourth-order valence-corrected chi connectivity index (χ4v) is 4.12. The van der Waals surface area contributed by atoms with Crippen LogP contribution in [0.3, 0.4) is 0 Å². The van der Waals surface area contributed by atoms with Crippen LogP contribution in [0.25, 0.3) is 0 Å². The second-order valence-electron chi connectivity index (χ2n) is 4.39. The van der Waals surface area contributed by atoms with Crippen molar-refractivity contribution in [3.8, 4) is 0 Å². The van der Waals surface area contributed by atoms with Crippen molar-refractivity contribution in [1.82, 2.24) is 5.32 Å². The Bertz CT molecular complexity index is 487. The van der Waals surface area contributed by atoms with Crippen molar-refractivity contribution >= 4 is 21.4 Å². The first-order chi connectivity index (χ1) is 8.08. The molecule has 1 aromatic carbocycles. The van der Waals surface area contributed by atoms with Gasteiger partial charge >= 0.3 is 0 Å². The van der Waals surface area contributed by atoms with Crippen molar-refractivity contribution in [3.05, 3.63) is 34.9 Å². The van der Waals surface area contributed by atoms with Crippen molar-refractivity contribution < 1.29 is 8.42 Å². The molecule has 0 radical (unpaired) electrons. The lowest BCUT2D eigenvalue weighted by atomic mass is 10.2. The second kappa shape index (κ2) is 5.38. The van der Waals surface area contributed by atoms with E-state index in [1.54, 1.807) is 0 Å². The fraction of sp³-hybridized carbons (Fsp3) is 0.500. The predicted molar refractivity (Wildman–Crippen MR) is 70.0 cm³/mol. The van der Waals surface area contributed by atoms with E-state index in [0.717, 1.165) is 18.4 Å². The maximum absolute atomic E-state index is 11.6. The van der Waals surface area contributed by atoms with E-state index in [1.807, 2.05) is 24.3 Å². The molecule has 0 unspecified atom stereocenters. The number of hydrogen-bond donors (Lipinski definition) is 1. The standard InChI is InChI=1S/C12H16ClNO2S/c13-11-4-1-3-10(7-11)8-14-9-12-5-2-6-17(12,15)16/h1,3-4,7,12,14H,2,5-6,8-9H2/t12-/m0/s1. The highest BCUT2D eigenvalue weighted by atomic mass is 35.5. The van der Waals surface area contributed by atoms with Gasteiger partial charge < -0.3 is 5.32 Å². The summed E-state index contributed by atoms with van der Waals surface area (Å²) in [5.74, 6) is 0.344. The van der Waals surface area contributed by atoms with Gasteiger partial charge in [-0.2, -0.15) is 0 Å². The smallest absolute Gasteiger partial charge is 0.154 e. The largest absolute Gasteiger partial charge is 0.311 e. The SMILES string of the molecule is O=S1(=O)CCC[C@H]1CNCc1cccc(Cl)c1. The molecule has 1 atom stereocenters. The molecule has 0 bridgehead atoms. The zero-order valence-corrected chi connectivity index (χ0v) is 11.1. The van der Waals surface area contributed by atoms with Crippen LogP contribution in [0.15, 0.2) is 24.3 Å². The van der Waals surface area contributed by atoms with Gasteiger partial charge in [0, 0.05) is 18.1 Å². The Morgan fingerprint density at radius 2 is 2.24 bits per heavy atom. The Morgan fingerprint density at radius 1 is 1.41 bits per heavy atom. The van der Waals surface area contributed by atoms with Crippen molar-refractivity contribution in [2.24, 2.45) is 0 Å². The lowest BCUT2D eigenvalue weighted by molar-refractivity contribution is 0.574. The molecule has 2 rings (SSSR count). The van der Waals surface area contributed by atoms with Gasteiger partial charge in [0.1, 0.15) is 0 Å². The van der Waals surface area contributed by atoms with Crippen molar-refractivity contribution in [2.45, 2.75) is 24.6 Å². The fourth-order valence-electron chi connectivity index (χ4n) is 2.11. The summed E-state index contributed by atoms with van der Waals surface area (Å²) in [5.41, 5.74) is 1.08. The molecule has 0 saturated carbocycles. The van der Waals surface area contributed by atoms with Gasteiger partial charge in [0.2, 0.25) is 0 Å². The van der Waals surface area contributed by atoms with Gasteiger partial charge in [0.05, 0.1) is 11.0 Å². The Labute approximate surface area is 107 Å². The van der Waals surface area contributed by atoms with Crippen LogP contribution in [0.1, 0.15) is 18.4 Å². The van der Waals surface area contributed by atoms with Gasteiger partial charge in [-0.15, -0.1) is 0 Å². The quantitative estimate of drug-likeness (QED) is 0.913. The first-order valence-electron chi connectivity index (χ1n) is 5.75. The molecule has 3 nitrogen and oxygen atoms in total. The zero-order chi connectivity index (χ0) is 12.3. The summed E-state index contributed by atoms with van der Waals surface area (Å²) in [4.78, 5) is 0. The van der Waals surface area contributed by atoms with E-state index >= 15 is 0 Å². The van der Waals surface area contributed by atoms with Gasteiger partial charge in [0.25, 0.3) is 0 Å². The van der Waals surface area contributed by atoms with Crippen LogP contribution in [0.5, 0.6) is 0 Å². The van der Waals surface area contributed by atoms with E-state index < -0.39 is 9.84 Å². The summed E-state index contributed by atoms with van der Waals surface area (Å²) in [6.07, 6.45) is 1.58. The highest BCUT2D eigenvalue weighted by Crippen LogP contribution is 2.19. The Kier molecular flexibility index (Phi) is 4.07. The number of nitrogens with one attached hydrogen (secondary N) is 1. The highest BCUT2D eigenvalue weighted by molar-refractivity contribution is 7.92. The molecular formula is C12H16ClNO2S. The Morgan fingerprint density at radius 3 is 2.88 bits per heavy atom. The minimum atomic E-state index is -2.84. The van der Waals surface area contributed by atoms with Crippen LogP contribution in [-0.4, -0.2) is 26.0 Å². The van der Waals surface area contributed by atoms with E-state index in [-0.39, 0.29) is 5.25 Å². The van der Waals surface area contributed by atoms with Crippen LogP contribution >= 0.6 is 11.6 Å². The second-order valence-corrected chi connectivity index (χ2v) is 7.23. The maximum atomic E-state index is 11.6. The minimum absolute atomic E-state index is 0.207. The average Bonchev–Trinajstić information content (AvgIpc) is 2.58. The molecule has 0 spiro atoms. The van der Waals surface area contributed by atoms with E-state index in [9.17, 15) is 8.42 Å². The molecule has 5 heteroatoms. The van der Waals surface area contributed by atoms with Gasteiger partial charge in [-0.1, -0.05) is 23.7 Å². The van der Waals surface area contributed by atoms with E-state index in [2.05, 4.69) is 5.32 Å². The lowest BCUT2D eigenvalue weighted by Gasteiger charge is -2.10. The summed E-state index contributed by atoms with van der Waals surface area (Å²) in [6, 6.07) is 7.58. The highest BCUT2D eigenvalue weighted by Gasteiger charge is 2.30. The molecule has 17 heavy (non-hydrogen) atoms. The summed E-state index contributed by atoms with van der Waals surface area (Å²) in [7, 11) is -2.84. The van der Waals surface area contributed by atoms with Crippen molar-refractivity contribution in [2.75, 3.05) is 12.3 Å². The summed E-state index contributed by atoms with van der Waals surface area (Å²) in [6.45, 7) is 1.20. The van der Waals surface area contributed by atoms with E-state index in [4.69, 9.17) is 11.6 Å². The summed E-state index contributed by atoms with van der Waals surface area (Å²) < 4.78 is 23.2. The number of benzene rings is 1. The Balaban J connectivity index is 1.84. The van der Waals surface area contributed by atoms with Crippen molar-refractivity contribution in [1.29, 1.82) is 0 Å². The molecule has 1 heterocycles. The topological polar surface area (TPSA) is 46.2 Å². The molecule has 94 valence electrons. The number of sulfone groups is 1. The van der Waals surface area contributed by atoms with Gasteiger partial charge in [-0.25, -0.2) is 8.42 Å². The number of halogens is 1. The normalized spacial score (nSPS) is 22.8.